The molecule has 2 bridgehead atoms. The molecule has 0 saturated carbocycles. The van der Waals surface area contributed by atoms with E-state index in [0.717, 1.165) is 31.4 Å². The van der Waals surface area contributed by atoms with Crippen LogP contribution in [0.25, 0.3) is 10.9 Å². The van der Waals surface area contributed by atoms with Gasteiger partial charge in [0.25, 0.3) is 0 Å². The molecule has 5 rings (SSSR count). The van der Waals surface area contributed by atoms with Crippen LogP contribution >= 0.6 is 0 Å². The maximum absolute atomic E-state index is 12.0. The van der Waals surface area contributed by atoms with E-state index in [0.29, 0.717) is 25.0 Å². The predicted molar refractivity (Wildman–Crippen MR) is 107 cm³/mol. The van der Waals surface area contributed by atoms with Crippen LogP contribution in [0.4, 0.5) is 5.69 Å². The molecule has 4 atom stereocenters. The Labute approximate surface area is 165 Å². The fraction of sp³-hybridized carbons (Fsp3) is 0.545. The lowest BCUT2D eigenvalue weighted by Crippen LogP contribution is -2.42. The summed E-state index contributed by atoms with van der Waals surface area (Å²) in [7, 11) is 0. The first kappa shape index (κ1) is 17.9. The van der Waals surface area contributed by atoms with Crippen molar-refractivity contribution in [3.8, 4) is 0 Å². The van der Waals surface area contributed by atoms with Gasteiger partial charge in [-0.25, -0.2) is 0 Å². The molecule has 0 unspecified atom stereocenters. The average molecular weight is 381 g/mol. The van der Waals surface area contributed by atoms with Crippen molar-refractivity contribution < 1.29 is 14.3 Å². The van der Waals surface area contributed by atoms with Gasteiger partial charge in [0.15, 0.2) is 0 Å². The normalized spacial score (nSPS) is 30.8. The number of nitrogens with zero attached hydrogens (tertiary/aromatic N) is 2. The minimum atomic E-state index is -0.0651. The molecule has 1 spiro atoms. The van der Waals surface area contributed by atoms with Crippen LogP contribution in [0.5, 0.6) is 0 Å². The number of anilines is 1. The van der Waals surface area contributed by atoms with Crippen molar-refractivity contribution in [1.29, 1.82) is 0 Å². The van der Waals surface area contributed by atoms with Gasteiger partial charge in [-0.05, 0) is 31.9 Å². The predicted octanol–water partition coefficient (Wildman–Crippen LogP) is 2.37. The van der Waals surface area contributed by atoms with Crippen molar-refractivity contribution in [2.24, 2.45) is 11.8 Å². The number of benzene rings is 1. The highest BCUT2D eigenvalue weighted by Crippen LogP contribution is 2.55. The molecule has 3 aliphatic heterocycles. The Morgan fingerprint density at radius 3 is 3.18 bits per heavy atom. The van der Waals surface area contributed by atoms with Gasteiger partial charge >= 0.3 is 0 Å². The Hall–Kier alpha value is -2.18. The number of rotatable bonds is 6. The minimum absolute atomic E-state index is 0.0337. The Balaban J connectivity index is 1.34. The first-order valence-corrected chi connectivity index (χ1v) is 10.3. The van der Waals surface area contributed by atoms with Gasteiger partial charge < -0.3 is 19.7 Å². The van der Waals surface area contributed by atoms with E-state index in [9.17, 15) is 4.79 Å². The van der Waals surface area contributed by atoms with E-state index in [1.165, 1.54) is 11.1 Å². The lowest BCUT2D eigenvalue weighted by molar-refractivity contribution is -0.125. The number of carbonyl (C=O) groups excluding carboxylic acids is 1. The molecular weight excluding hydrogens is 354 g/mol. The van der Waals surface area contributed by atoms with Gasteiger partial charge in [-0.1, -0.05) is 18.2 Å². The molecule has 6 heteroatoms. The maximum atomic E-state index is 12.0. The number of aromatic nitrogens is 1. The van der Waals surface area contributed by atoms with Crippen molar-refractivity contribution >= 4 is 22.5 Å². The zero-order valence-electron chi connectivity index (χ0n) is 16.3. The largest absolute Gasteiger partial charge is 0.372 e. The smallest absolute Gasteiger partial charge is 0.246 e. The van der Waals surface area contributed by atoms with Crippen LogP contribution in [0.15, 0.2) is 36.5 Å². The molecule has 6 nitrogen and oxygen atoms in total. The third-order valence-electron chi connectivity index (χ3n) is 6.72. The summed E-state index contributed by atoms with van der Waals surface area (Å²) in [4.78, 5) is 19.0. The third-order valence-corrected chi connectivity index (χ3v) is 6.72. The zero-order chi connectivity index (χ0) is 19.1. The molecule has 4 heterocycles. The summed E-state index contributed by atoms with van der Waals surface area (Å²) < 4.78 is 11.7. The molecule has 3 aliphatic rings. The Morgan fingerprint density at radius 2 is 2.29 bits per heavy atom. The van der Waals surface area contributed by atoms with Gasteiger partial charge in [0.1, 0.15) is 6.61 Å². The molecule has 0 aliphatic carbocycles. The van der Waals surface area contributed by atoms with Crippen molar-refractivity contribution in [2.75, 3.05) is 37.7 Å². The second-order valence-electron chi connectivity index (χ2n) is 8.20. The summed E-state index contributed by atoms with van der Waals surface area (Å²) in [5, 5.41) is 4.26. The van der Waals surface area contributed by atoms with E-state index in [1.54, 1.807) is 0 Å². The molecule has 3 fully saturated rings. The minimum Gasteiger partial charge on any atom is -0.372 e. The molecule has 1 amide bonds. The number of pyridine rings is 1. The Morgan fingerprint density at radius 1 is 1.39 bits per heavy atom. The van der Waals surface area contributed by atoms with E-state index < -0.39 is 0 Å². The van der Waals surface area contributed by atoms with Crippen LogP contribution in [0.3, 0.4) is 0 Å². The van der Waals surface area contributed by atoms with Gasteiger partial charge in [0.2, 0.25) is 5.91 Å². The van der Waals surface area contributed by atoms with E-state index in [1.807, 2.05) is 19.2 Å². The van der Waals surface area contributed by atoms with Crippen LogP contribution < -0.4 is 10.2 Å². The van der Waals surface area contributed by atoms with Gasteiger partial charge in [-0.2, -0.15) is 0 Å². The summed E-state index contributed by atoms with van der Waals surface area (Å²) in [6, 6.07) is 10.4. The van der Waals surface area contributed by atoms with E-state index >= 15 is 0 Å². The second kappa shape index (κ2) is 7.01. The molecule has 0 radical (unpaired) electrons. The Bertz CT molecular complexity index is 883. The van der Waals surface area contributed by atoms with E-state index in [4.69, 9.17) is 9.47 Å². The van der Waals surface area contributed by atoms with Crippen molar-refractivity contribution in [2.45, 2.75) is 31.5 Å². The topological polar surface area (TPSA) is 63.7 Å². The molecule has 1 aromatic carbocycles. The number of nitrogens with one attached hydrogen (secondary N) is 1. The van der Waals surface area contributed by atoms with Crippen LogP contribution in [-0.4, -0.2) is 55.4 Å². The van der Waals surface area contributed by atoms with E-state index in [2.05, 4.69) is 39.5 Å². The highest BCUT2D eigenvalue weighted by atomic mass is 16.5. The second-order valence-corrected chi connectivity index (χ2v) is 8.20. The Kier molecular flexibility index (Phi) is 4.48. The number of hydrogen-bond acceptors (Lipinski definition) is 5. The fourth-order valence-corrected chi connectivity index (χ4v) is 5.48. The first-order chi connectivity index (χ1) is 13.7. The number of para-hydroxylation sites is 1. The average Bonchev–Trinajstić information content (AvgIpc) is 3.38. The summed E-state index contributed by atoms with van der Waals surface area (Å²) >= 11 is 0. The summed E-state index contributed by atoms with van der Waals surface area (Å²) in [5.74, 6) is 0.789. The summed E-state index contributed by atoms with van der Waals surface area (Å²) in [6.45, 7) is 5.16. The zero-order valence-corrected chi connectivity index (χ0v) is 16.3. The van der Waals surface area contributed by atoms with Crippen LogP contribution in [0.1, 0.15) is 19.8 Å². The van der Waals surface area contributed by atoms with Gasteiger partial charge in [-0.3, -0.25) is 9.78 Å². The highest BCUT2D eigenvalue weighted by molar-refractivity contribution is 5.91. The van der Waals surface area contributed by atoms with Crippen molar-refractivity contribution in [1.82, 2.24) is 10.3 Å². The number of amides is 1. The summed E-state index contributed by atoms with van der Waals surface area (Å²) in [5.41, 5.74) is 2.20. The van der Waals surface area contributed by atoms with Gasteiger partial charge in [0, 0.05) is 55.3 Å². The lowest BCUT2D eigenvalue weighted by atomic mass is 9.73. The van der Waals surface area contributed by atoms with Crippen LogP contribution in [-0.2, 0) is 14.3 Å². The molecule has 28 heavy (non-hydrogen) atoms. The molecular formula is C22H27N3O3. The van der Waals surface area contributed by atoms with Gasteiger partial charge in [0.05, 0.1) is 17.2 Å². The standard InChI is InChI=1S/C22H27N3O3/c1-2-27-13-21(26)24-11-16-17-12-25(14-22(17)9-7-20(16)28-22)19-8-10-23-18-6-4-3-5-15(18)19/h3-6,8,10,16-17,20H,2,7,9,11-14H2,1H3,(H,24,26)/t16-,17+,20+,22+/m0/s1. The van der Waals surface area contributed by atoms with Crippen molar-refractivity contribution in [3.05, 3.63) is 36.5 Å². The summed E-state index contributed by atoms with van der Waals surface area (Å²) in [6.07, 6.45) is 4.37. The quantitative estimate of drug-likeness (QED) is 0.832. The molecule has 1 N–H and O–H groups in total. The van der Waals surface area contributed by atoms with E-state index in [-0.39, 0.29) is 24.2 Å². The number of hydrogen-bond donors (Lipinski definition) is 1. The molecule has 148 valence electrons. The molecule has 1 aromatic heterocycles. The number of carbonyl (C=O) groups is 1. The third kappa shape index (κ3) is 2.86. The van der Waals surface area contributed by atoms with Crippen LogP contribution in [0.2, 0.25) is 0 Å². The fourth-order valence-electron chi connectivity index (χ4n) is 5.48. The molecule has 3 saturated heterocycles. The van der Waals surface area contributed by atoms with Crippen molar-refractivity contribution in [3.63, 3.8) is 0 Å². The monoisotopic (exact) mass is 381 g/mol. The number of fused-ring (bicyclic) bond motifs is 2. The SMILES string of the molecule is CCOCC(=O)NC[C@H]1[C@H]2CN(c3ccnc4ccccc34)C[C@]23CC[C@H]1O3. The van der Waals surface area contributed by atoms with Crippen LogP contribution in [0, 0.1) is 11.8 Å². The van der Waals surface area contributed by atoms with Gasteiger partial charge in [-0.15, -0.1) is 0 Å². The first-order valence-electron chi connectivity index (χ1n) is 10.3. The highest BCUT2D eigenvalue weighted by Gasteiger charge is 2.62. The lowest BCUT2D eigenvalue weighted by Gasteiger charge is -2.29. The number of ether oxygens (including phenoxy) is 2. The molecule has 2 aromatic rings. The maximum Gasteiger partial charge on any atom is 0.246 e.